The fraction of sp³-hybridized carbons (Fsp3) is 0.538. The number of aliphatic hydroxyl groups excluding tert-OH is 1. The molecule has 1 aliphatic rings. The molecule has 0 radical (unpaired) electrons. The third kappa shape index (κ3) is 3.77. The van der Waals surface area contributed by atoms with E-state index in [-0.39, 0.29) is 5.82 Å². The van der Waals surface area contributed by atoms with E-state index in [9.17, 15) is 9.50 Å². The predicted molar refractivity (Wildman–Crippen MR) is 63.2 cm³/mol. The molecule has 2 atom stereocenters. The van der Waals surface area contributed by atoms with Gasteiger partial charge in [0, 0.05) is 19.2 Å². The molecule has 0 bridgehead atoms. The van der Waals surface area contributed by atoms with Crippen molar-refractivity contribution in [2.45, 2.75) is 25.0 Å². The Morgan fingerprint density at radius 3 is 3.12 bits per heavy atom. The van der Waals surface area contributed by atoms with Crippen LogP contribution >= 0.6 is 0 Å². The van der Waals surface area contributed by atoms with E-state index in [0.717, 1.165) is 19.4 Å². The number of halogens is 1. The molecule has 0 saturated carbocycles. The van der Waals surface area contributed by atoms with E-state index in [2.05, 4.69) is 5.32 Å². The first kappa shape index (κ1) is 12.5. The SMILES string of the molecule is OC(CNC1CCCOC1)c1cccc(F)c1. The lowest BCUT2D eigenvalue weighted by atomic mass is 10.1. The highest BCUT2D eigenvalue weighted by molar-refractivity contribution is 5.18. The van der Waals surface area contributed by atoms with Crippen molar-refractivity contribution in [3.63, 3.8) is 0 Å². The van der Waals surface area contributed by atoms with Gasteiger partial charge in [-0.3, -0.25) is 0 Å². The fourth-order valence-electron chi connectivity index (χ4n) is 2.01. The molecule has 1 aromatic rings. The van der Waals surface area contributed by atoms with Crippen molar-refractivity contribution in [3.8, 4) is 0 Å². The summed E-state index contributed by atoms with van der Waals surface area (Å²) in [5, 5.41) is 13.1. The van der Waals surface area contributed by atoms with Crippen LogP contribution in [0.3, 0.4) is 0 Å². The summed E-state index contributed by atoms with van der Waals surface area (Å²) < 4.78 is 18.3. The van der Waals surface area contributed by atoms with E-state index in [1.54, 1.807) is 12.1 Å². The van der Waals surface area contributed by atoms with Crippen LogP contribution in [0.25, 0.3) is 0 Å². The summed E-state index contributed by atoms with van der Waals surface area (Å²) >= 11 is 0. The molecule has 1 fully saturated rings. The number of aliphatic hydroxyl groups is 1. The van der Waals surface area contributed by atoms with Gasteiger partial charge in [0.05, 0.1) is 12.7 Å². The molecule has 17 heavy (non-hydrogen) atoms. The minimum absolute atomic E-state index is 0.298. The number of ether oxygens (including phenoxy) is 1. The standard InChI is InChI=1S/C13H18FNO2/c14-11-4-1-3-10(7-11)13(16)8-15-12-5-2-6-17-9-12/h1,3-4,7,12-13,15-16H,2,5-6,8-9H2. The number of benzene rings is 1. The Kier molecular flexibility index (Phi) is 4.48. The van der Waals surface area contributed by atoms with Crippen LogP contribution in [0, 0.1) is 5.82 Å². The lowest BCUT2D eigenvalue weighted by Gasteiger charge is -2.24. The molecule has 0 aromatic heterocycles. The van der Waals surface area contributed by atoms with Gasteiger partial charge < -0.3 is 15.2 Å². The molecule has 1 aliphatic heterocycles. The van der Waals surface area contributed by atoms with Crippen molar-refractivity contribution in [2.75, 3.05) is 19.8 Å². The zero-order valence-corrected chi connectivity index (χ0v) is 9.73. The molecule has 0 aliphatic carbocycles. The van der Waals surface area contributed by atoms with Crippen LogP contribution in [-0.2, 0) is 4.74 Å². The van der Waals surface area contributed by atoms with Gasteiger partial charge in [-0.05, 0) is 30.5 Å². The number of hydrogen-bond donors (Lipinski definition) is 2. The minimum Gasteiger partial charge on any atom is -0.387 e. The van der Waals surface area contributed by atoms with E-state index in [0.29, 0.717) is 24.8 Å². The number of rotatable bonds is 4. The maximum Gasteiger partial charge on any atom is 0.123 e. The molecule has 0 amide bonds. The first-order valence-electron chi connectivity index (χ1n) is 6.00. The van der Waals surface area contributed by atoms with Crippen LogP contribution < -0.4 is 5.32 Å². The van der Waals surface area contributed by atoms with Crippen LogP contribution in [0.2, 0.25) is 0 Å². The fourth-order valence-corrected chi connectivity index (χ4v) is 2.01. The molecular weight excluding hydrogens is 221 g/mol. The molecule has 3 nitrogen and oxygen atoms in total. The van der Waals surface area contributed by atoms with E-state index < -0.39 is 6.10 Å². The van der Waals surface area contributed by atoms with E-state index in [4.69, 9.17) is 4.74 Å². The van der Waals surface area contributed by atoms with Gasteiger partial charge in [-0.15, -0.1) is 0 Å². The van der Waals surface area contributed by atoms with Crippen LogP contribution in [0.15, 0.2) is 24.3 Å². The molecule has 2 unspecified atom stereocenters. The van der Waals surface area contributed by atoms with Gasteiger partial charge in [0.25, 0.3) is 0 Å². The summed E-state index contributed by atoms with van der Waals surface area (Å²) in [7, 11) is 0. The van der Waals surface area contributed by atoms with Crippen molar-refractivity contribution in [3.05, 3.63) is 35.6 Å². The Balaban J connectivity index is 1.82. The van der Waals surface area contributed by atoms with E-state index in [1.807, 2.05) is 0 Å². The van der Waals surface area contributed by atoms with Gasteiger partial charge in [0.15, 0.2) is 0 Å². The van der Waals surface area contributed by atoms with Crippen molar-refractivity contribution in [2.24, 2.45) is 0 Å². The number of hydrogen-bond acceptors (Lipinski definition) is 3. The van der Waals surface area contributed by atoms with Crippen molar-refractivity contribution in [1.29, 1.82) is 0 Å². The molecule has 1 aromatic carbocycles. The molecule has 4 heteroatoms. The molecule has 2 rings (SSSR count). The Labute approximate surface area is 101 Å². The van der Waals surface area contributed by atoms with Crippen molar-refractivity contribution >= 4 is 0 Å². The minimum atomic E-state index is -0.673. The van der Waals surface area contributed by atoms with Gasteiger partial charge in [-0.25, -0.2) is 4.39 Å². The van der Waals surface area contributed by atoms with Crippen molar-refractivity contribution < 1.29 is 14.2 Å². The van der Waals surface area contributed by atoms with Crippen LogP contribution in [0.4, 0.5) is 4.39 Å². The molecular formula is C13H18FNO2. The molecule has 94 valence electrons. The highest BCUT2D eigenvalue weighted by Crippen LogP contribution is 2.14. The third-order valence-electron chi connectivity index (χ3n) is 2.99. The van der Waals surface area contributed by atoms with Crippen LogP contribution in [0.1, 0.15) is 24.5 Å². The molecule has 1 heterocycles. The first-order valence-corrected chi connectivity index (χ1v) is 6.00. The third-order valence-corrected chi connectivity index (χ3v) is 2.99. The summed E-state index contributed by atoms with van der Waals surface area (Å²) in [5.74, 6) is -0.317. The summed E-state index contributed by atoms with van der Waals surface area (Å²) in [5.41, 5.74) is 0.606. The largest absolute Gasteiger partial charge is 0.387 e. The lowest BCUT2D eigenvalue weighted by molar-refractivity contribution is 0.0639. The summed E-state index contributed by atoms with van der Waals surface area (Å²) in [6.45, 7) is 1.94. The van der Waals surface area contributed by atoms with Gasteiger partial charge in [0.2, 0.25) is 0 Å². The summed E-state index contributed by atoms with van der Waals surface area (Å²) in [6, 6.07) is 6.37. The highest BCUT2D eigenvalue weighted by Gasteiger charge is 2.15. The second-order valence-electron chi connectivity index (χ2n) is 4.39. The average Bonchev–Trinajstić information content (AvgIpc) is 2.37. The van der Waals surface area contributed by atoms with Crippen LogP contribution in [0.5, 0.6) is 0 Å². The van der Waals surface area contributed by atoms with Gasteiger partial charge in [-0.2, -0.15) is 0 Å². The summed E-state index contributed by atoms with van der Waals surface area (Å²) in [6.07, 6.45) is 1.44. The topological polar surface area (TPSA) is 41.5 Å². The lowest BCUT2D eigenvalue weighted by Crippen LogP contribution is -2.38. The van der Waals surface area contributed by atoms with Gasteiger partial charge >= 0.3 is 0 Å². The number of nitrogens with one attached hydrogen (secondary N) is 1. The van der Waals surface area contributed by atoms with Crippen LogP contribution in [-0.4, -0.2) is 30.9 Å². The second-order valence-corrected chi connectivity index (χ2v) is 4.39. The zero-order chi connectivity index (χ0) is 12.1. The van der Waals surface area contributed by atoms with E-state index in [1.165, 1.54) is 12.1 Å². The van der Waals surface area contributed by atoms with E-state index >= 15 is 0 Å². The van der Waals surface area contributed by atoms with Crippen molar-refractivity contribution in [1.82, 2.24) is 5.32 Å². The van der Waals surface area contributed by atoms with Gasteiger partial charge in [0.1, 0.15) is 5.82 Å². The maximum absolute atomic E-state index is 13.0. The highest BCUT2D eigenvalue weighted by atomic mass is 19.1. The quantitative estimate of drug-likeness (QED) is 0.839. The normalized spacial score (nSPS) is 22.4. The Morgan fingerprint density at radius 1 is 1.53 bits per heavy atom. The monoisotopic (exact) mass is 239 g/mol. The smallest absolute Gasteiger partial charge is 0.123 e. The predicted octanol–water partition coefficient (Wildman–Crippen LogP) is 1.63. The van der Waals surface area contributed by atoms with Gasteiger partial charge in [-0.1, -0.05) is 12.1 Å². The molecule has 0 spiro atoms. The zero-order valence-electron chi connectivity index (χ0n) is 9.73. The Hall–Kier alpha value is -0.970. The summed E-state index contributed by atoms with van der Waals surface area (Å²) in [4.78, 5) is 0. The Bertz CT molecular complexity index is 353. The molecule has 1 saturated heterocycles. The average molecular weight is 239 g/mol. The maximum atomic E-state index is 13.0. The Morgan fingerprint density at radius 2 is 2.41 bits per heavy atom. The second kappa shape index (κ2) is 6.10. The first-order chi connectivity index (χ1) is 8.25. The molecule has 2 N–H and O–H groups in total.